The number of alkyl halides is 3. The molecule has 1 saturated carbocycles. The summed E-state index contributed by atoms with van der Waals surface area (Å²) >= 11 is 0. The van der Waals surface area contributed by atoms with Gasteiger partial charge in [0.05, 0.1) is 18.2 Å². The number of aromatic nitrogens is 2. The smallest absolute Gasteiger partial charge is 0.417 e. The molecule has 2 aromatic heterocycles. The average molecular weight is 435 g/mol. The number of pyridine rings is 2. The molecule has 2 aliphatic rings. The number of hydrogen-bond acceptors (Lipinski definition) is 5. The normalized spacial score (nSPS) is 22.6. The predicted molar refractivity (Wildman–Crippen MR) is 106 cm³/mol. The van der Waals surface area contributed by atoms with Crippen molar-refractivity contribution in [2.75, 3.05) is 19.8 Å². The van der Waals surface area contributed by atoms with E-state index in [1.165, 1.54) is 6.07 Å². The Morgan fingerprint density at radius 3 is 2.65 bits per heavy atom. The van der Waals surface area contributed by atoms with Crippen LogP contribution in [0, 0.1) is 18.8 Å². The highest BCUT2D eigenvalue weighted by molar-refractivity contribution is 5.95. The number of fused-ring (bicyclic) bond motifs is 1. The lowest BCUT2D eigenvalue weighted by molar-refractivity contribution is -0.137. The summed E-state index contributed by atoms with van der Waals surface area (Å²) in [6, 6.07) is 5.48. The molecule has 2 unspecified atom stereocenters. The number of rotatable bonds is 6. The van der Waals surface area contributed by atoms with Gasteiger partial charge in [-0.15, -0.1) is 0 Å². The van der Waals surface area contributed by atoms with Crippen LogP contribution in [0.3, 0.4) is 0 Å². The maximum absolute atomic E-state index is 13.4. The van der Waals surface area contributed by atoms with E-state index in [-0.39, 0.29) is 30.1 Å². The first-order chi connectivity index (χ1) is 14.8. The first-order valence-electron chi connectivity index (χ1n) is 10.3. The number of piperidine rings is 1. The third-order valence-corrected chi connectivity index (χ3v) is 5.76. The molecule has 2 aromatic rings. The highest BCUT2D eigenvalue weighted by Crippen LogP contribution is 2.47. The molecule has 2 fully saturated rings. The van der Waals surface area contributed by atoms with Crippen LogP contribution in [0.2, 0.25) is 0 Å². The summed E-state index contributed by atoms with van der Waals surface area (Å²) in [5.41, 5.74) is 0.164. The highest BCUT2D eigenvalue weighted by atomic mass is 19.4. The fourth-order valence-corrected chi connectivity index (χ4v) is 4.03. The van der Waals surface area contributed by atoms with Gasteiger partial charge in [0.25, 0.3) is 5.91 Å². The van der Waals surface area contributed by atoms with Crippen LogP contribution >= 0.6 is 0 Å². The van der Waals surface area contributed by atoms with Crippen molar-refractivity contribution < 1.29 is 27.4 Å². The Labute approximate surface area is 178 Å². The van der Waals surface area contributed by atoms with E-state index in [0.717, 1.165) is 30.8 Å². The lowest BCUT2D eigenvalue weighted by atomic mass is 10.0. The summed E-state index contributed by atoms with van der Waals surface area (Å²) < 4.78 is 49.4. The van der Waals surface area contributed by atoms with E-state index in [1.54, 1.807) is 17.0 Å². The summed E-state index contributed by atoms with van der Waals surface area (Å²) in [7, 11) is 0. The zero-order valence-electron chi connectivity index (χ0n) is 17.4. The van der Waals surface area contributed by atoms with Crippen molar-refractivity contribution in [1.82, 2.24) is 14.9 Å². The first kappa shape index (κ1) is 21.4. The van der Waals surface area contributed by atoms with Gasteiger partial charge < -0.3 is 14.4 Å². The molecule has 0 aromatic carbocycles. The van der Waals surface area contributed by atoms with Gasteiger partial charge in [-0.25, -0.2) is 9.97 Å². The molecule has 1 amide bonds. The summed E-state index contributed by atoms with van der Waals surface area (Å²) in [4.78, 5) is 23.3. The van der Waals surface area contributed by atoms with Crippen molar-refractivity contribution >= 4 is 5.91 Å². The Morgan fingerprint density at radius 1 is 1.16 bits per heavy atom. The Morgan fingerprint density at radius 2 is 1.97 bits per heavy atom. The largest absolute Gasteiger partial charge is 0.491 e. The van der Waals surface area contributed by atoms with Gasteiger partial charge in [-0.1, -0.05) is 0 Å². The van der Waals surface area contributed by atoms with Crippen LogP contribution in [-0.4, -0.2) is 46.6 Å². The minimum absolute atomic E-state index is 0.0991. The molecule has 1 saturated heterocycles. The van der Waals surface area contributed by atoms with Crippen molar-refractivity contribution in [3.8, 4) is 11.6 Å². The Kier molecular flexibility index (Phi) is 5.77. The quantitative estimate of drug-likeness (QED) is 0.683. The van der Waals surface area contributed by atoms with Crippen LogP contribution < -0.4 is 9.47 Å². The third kappa shape index (κ3) is 4.75. The molecular formula is C22H24F3N3O3. The molecule has 3 atom stereocenters. The number of halogens is 3. The number of amides is 1. The molecule has 166 valence electrons. The minimum atomic E-state index is -4.45. The van der Waals surface area contributed by atoms with Gasteiger partial charge in [0, 0.05) is 24.5 Å². The van der Waals surface area contributed by atoms with Gasteiger partial charge in [0.15, 0.2) is 11.4 Å². The zero-order valence-corrected chi connectivity index (χ0v) is 17.4. The number of hydrogen-bond donors (Lipinski definition) is 0. The Bertz CT molecular complexity index is 949. The average Bonchev–Trinajstić information content (AvgIpc) is 3.50. The second-order valence-electron chi connectivity index (χ2n) is 8.03. The summed E-state index contributed by atoms with van der Waals surface area (Å²) in [5.74, 6) is 1.35. The van der Waals surface area contributed by atoms with Gasteiger partial charge in [-0.2, -0.15) is 13.2 Å². The van der Waals surface area contributed by atoms with Gasteiger partial charge in [-0.3, -0.25) is 4.79 Å². The number of aryl methyl sites for hydroxylation is 1. The minimum Gasteiger partial charge on any atom is -0.491 e. The second-order valence-corrected chi connectivity index (χ2v) is 8.03. The van der Waals surface area contributed by atoms with E-state index in [4.69, 9.17) is 9.47 Å². The number of nitrogens with zero attached hydrogens (tertiary/aromatic N) is 3. The van der Waals surface area contributed by atoms with E-state index in [1.807, 2.05) is 13.8 Å². The fourth-order valence-electron chi connectivity index (χ4n) is 4.03. The predicted octanol–water partition coefficient (Wildman–Crippen LogP) is 4.13. The zero-order chi connectivity index (χ0) is 22.2. The van der Waals surface area contributed by atoms with Crippen LogP contribution in [0.5, 0.6) is 11.6 Å². The number of carbonyl (C=O) groups excluding carboxylic acids is 1. The van der Waals surface area contributed by atoms with Crippen molar-refractivity contribution in [2.45, 2.75) is 38.9 Å². The van der Waals surface area contributed by atoms with Crippen molar-refractivity contribution in [2.24, 2.45) is 11.8 Å². The maximum atomic E-state index is 13.4. The molecule has 4 rings (SSSR count). The lowest BCUT2D eigenvalue weighted by Gasteiger charge is -2.35. The molecule has 1 aliphatic heterocycles. The molecule has 0 N–H and O–H groups in total. The highest BCUT2D eigenvalue weighted by Gasteiger charge is 2.48. The number of carbonyl (C=O) groups is 1. The van der Waals surface area contributed by atoms with Gasteiger partial charge in [-0.05, 0) is 56.7 Å². The third-order valence-electron chi connectivity index (χ3n) is 5.76. The molecule has 0 bridgehead atoms. The lowest BCUT2D eigenvalue weighted by Crippen LogP contribution is -2.48. The van der Waals surface area contributed by atoms with E-state index < -0.39 is 11.7 Å². The van der Waals surface area contributed by atoms with Gasteiger partial charge >= 0.3 is 6.18 Å². The fraction of sp³-hybridized carbons (Fsp3) is 0.500. The van der Waals surface area contributed by atoms with E-state index in [2.05, 4.69) is 9.97 Å². The SMILES string of the molecule is CCOc1ccc(C)nc1C(=O)N1C[C@@H]2CC2CC1COc1ccc(C(F)(F)F)cn1. The molecule has 6 nitrogen and oxygen atoms in total. The molecular weight excluding hydrogens is 411 g/mol. The standard InChI is InChI=1S/C22H24F3N3O3/c1-3-30-18-6-4-13(2)27-20(18)21(29)28-11-15-8-14(15)9-17(28)12-31-19-7-5-16(10-26-19)22(23,24)25/h4-7,10,14-15,17H,3,8-9,11-12H2,1-2H3/t14?,15-,17?/m0/s1. The van der Waals surface area contributed by atoms with Crippen molar-refractivity contribution in [1.29, 1.82) is 0 Å². The Balaban J connectivity index is 1.49. The van der Waals surface area contributed by atoms with E-state index >= 15 is 0 Å². The molecule has 31 heavy (non-hydrogen) atoms. The van der Waals surface area contributed by atoms with Crippen LogP contribution in [0.15, 0.2) is 30.5 Å². The van der Waals surface area contributed by atoms with Crippen LogP contribution in [0.1, 0.15) is 41.5 Å². The molecule has 3 heterocycles. The van der Waals surface area contributed by atoms with E-state index in [0.29, 0.717) is 30.7 Å². The number of ether oxygens (including phenoxy) is 2. The topological polar surface area (TPSA) is 64.5 Å². The van der Waals surface area contributed by atoms with Crippen LogP contribution in [0.4, 0.5) is 13.2 Å². The Hall–Kier alpha value is -2.84. The molecule has 0 radical (unpaired) electrons. The monoisotopic (exact) mass is 435 g/mol. The number of likely N-dealkylation sites (tertiary alicyclic amines) is 1. The molecule has 1 aliphatic carbocycles. The summed E-state index contributed by atoms with van der Waals surface area (Å²) in [6.45, 7) is 4.85. The molecule has 9 heteroatoms. The van der Waals surface area contributed by atoms with Crippen LogP contribution in [0.25, 0.3) is 0 Å². The maximum Gasteiger partial charge on any atom is 0.417 e. The van der Waals surface area contributed by atoms with Crippen molar-refractivity contribution in [3.63, 3.8) is 0 Å². The summed E-state index contributed by atoms with van der Waals surface area (Å²) in [5, 5.41) is 0. The first-order valence-corrected chi connectivity index (χ1v) is 10.3. The van der Waals surface area contributed by atoms with Crippen LogP contribution in [-0.2, 0) is 6.18 Å². The van der Waals surface area contributed by atoms with Gasteiger partial charge in [0.1, 0.15) is 6.61 Å². The summed E-state index contributed by atoms with van der Waals surface area (Å²) in [6.07, 6.45) is -1.84. The van der Waals surface area contributed by atoms with Gasteiger partial charge in [0.2, 0.25) is 5.88 Å². The second kappa shape index (κ2) is 8.36. The van der Waals surface area contributed by atoms with E-state index in [9.17, 15) is 18.0 Å². The molecule has 0 spiro atoms. The van der Waals surface area contributed by atoms with Crippen molar-refractivity contribution in [3.05, 3.63) is 47.4 Å².